The summed E-state index contributed by atoms with van der Waals surface area (Å²) in [6.45, 7) is 5.79. The molecule has 0 atom stereocenters. The summed E-state index contributed by atoms with van der Waals surface area (Å²) in [4.78, 5) is 20.5. The predicted octanol–water partition coefficient (Wildman–Crippen LogP) is 3.11. The van der Waals surface area contributed by atoms with Crippen LogP contribution in [0.2, 0.25) is 0 Å². The summed E-state index contributed by atoms with van der Waals surface area (Å²) in [7, 11) is 1.88. The number of benzene rings is 1. The number of aromatic nitrogens is 4. The van der Waals surface area contributed by atoms with Gasteiger partial charge in [0.05, 0.1) is 12.1 Å². The summed E-state index contributed by atoms with van der Waals surface area (Å²) in [6, 6.07) is 7.44. The lowest BCUT2D eigenvalue weighted by Crippen LogP contribution is -2.16. The highest BCUT2D eigenvalue weighted by Gasteiger charge is 2.14. The van der Waals surface area contributed by atoms with E-state index in [0.29, 0.717) is 12.2 Å². The fourth-order valence-electron chi connectivity index (χ4n) is 2.71. The normalized spacial score (nSPS) is 10.6. The number of amides is 1. The van der Waals surface area contributed by atoms with Crippen molar-refractivity contribution in [2.45, 2.75) is 27.2 Å². The quantitative estimate of drug-likeness (QED) is 0.764. The number of carbonyl (C=O) groups excluding carboxylic acids is 1. The van der Waals surface area contributed by atoms with Crippen molar-refractivity contribution in [2.75, 3.05) is 5.32 Å². The molecule has 1 aromatic carbocycles. The summed E-state index contributed by atoms with van der Waals surface area (Å²) in [5.41, 5.74) is 4.48. The number of aryl methyl sites for hydroxylation is 3. The van der Waals surface area contributed by atoms with Crippen molar-refractivity contribution < 1.29 is 9.53 Å². The van der Waals surface area contributed by atoms with E-state index in [1.165, 1.54) is 0 Å². The van der Waals surface area contributed by atoms with Crippen LogP contribution in [0.4, 0.5) is 5.69 Å². The SMILES string of the molecule is Cc1cc(Oc2ncccn2)ccc1NC(=O)Cc1c(C)nn(C)c1C. The Morgan fingerprint density at radius 2 is 1.92 bits per heavy atom. The Balaban J connectivity index is 1.69. The number of anilines is 1. The van der Waals surface area contributed by atoms with Crippen LogP contribution in [0.3, 0.4) is 0 Å². The lowest BCUT2D eigenvalue weighted by Gasteiger charge is -2.11. The second-order valence-electron chi connectivity index (χ2n) is 6.11. The van der Waals surface area contributed by atoms with Crippen LogP contribution in [0, 0.1) is 20.8 Å². The number of hydrogen-bond donors (Lipinski definition) is 1. The van der Waals surface area contributed by atoms with Crippen LogP contribution in [0.5, 0.6) is 11.8 Å². The molecule has 2 heterocycles. The first-order valence-electron chi connectivity index (χ1n) is 8.28. The Bertz CT molecular complexity index is 935. The Hall–Kier alpha value is -3.22. The van der Waals surface area contributed by atoms with E-state index < -0.39 is 0 Å². The first-order valence-corrected chi connectivity index (χ1v) is 8.28. The zero-order valence-corrected chi connectivity index (χ0v) is 15.3. The fourth-order valence-corrected chi connectivity index (χ4v) is 2.71. The molecule has 0 aliphatic heterocycles. The number of nitrogens with one attached hydrogen (secondary N) is 1. The van der Waals surface area contributed by atoms with Crippen molar-refractivity contribution in [2.24, 2.45) is 7.05 Å². The van der Waals surface area contributed by atoms with Gasteiger partial charge in [-0.25, -0.2) is 9.97 Å². The zero-order chi connectivity index (χ0) is 18.7. The van der Waals surface area contributed by atoms with E-state index in [9.17, 15) is 4.79 Å². The second kappa shape index (κ2) is 7.35. The van der Waals surface area contributed by atoms with Gasteiger partial charge in [0, 0.05) is 36.4 Å². The third kappa shape index (κ3) is 3.88. The predicted molar refractivity (Wildman–Crippen MR) is 98.3 cm³/mol. The first kappa shape index (κ1) is 17.6. The molecule has 0 aliphatic carbocycles. The monoisotopic (exact) mass is 351 g/mol. The van der Waals surface area contributed by atoms with E-state index in [1.807, 2.05) is 40.0 Å². The zero-order valence-electron chi connectivity index (χ0n) is 15.3. The summed E-state index contributed by atoms with van der Waals surface area (Å²) in [5, 5.41) is 7.30. The van der Waals surface area contributed by atoms with Crippen molar-refractivity contribution >= 4 is 11.6 Å². The molecule has 1 N–H and O–H groups in total. The highest BCUT2D eigenvalue weighted by Crippen LogP contribution is 2.24. The van der Waals surface area contributed by atoms with Gasteiger partial charge in [0.15, 0.2) is 0 Å². The molecule has 7 nitrogen and oxygen atoms in total. The lowest BCUT2D eigenvalue weighted by molar-refractivity contribution is -0.115. The van der Waals surface area contributed by atoms with Crippen LogP contribution in [0.15, 0.2) is 36.7 Å². The number of hydrogen-bond acceptors (Lipinski definition) is 5. The number of ether oxygens (including phenoxy) is 1. The molecule has 26 heavy (non-hydrogen) atoms. The molecule has 3 aromatic rings. The minimum Gasteiger partial charge on any atom is -0.424 e. The summed E-state index contributed by atoms with van der Waals surface area (Å²) >= 11 is 0. The molecule has 0 aliphatic rings. The highest BCUT2D eigenvalue weighted by molar-refractivity contribution is 5.93. The average molecular weight is 351 g/mol. The van der Waals surface area contributed by atoms with Gasteiger partial charge in [-0.15, -0.1) is 0 Å². The van der Waals surface area contributed by atoms with Crippen LogP contribution >= 0.6 is 0 Å². The van der Waals surface area contributed by atoms with Gasteiger partial charge >= 0.3 is 6.01 Å². The minimum atomic E-state index is -0.0765. The van der Waals surface area contributed by atoms with Gasteiger partial charge in [-0.1, -0.05) is 0 Å². The van der Waals surface area contributed by atoms with Gasteiger partial charge in [-0.3, -0.25) is 9.48 Å². The Kier molecular flexibility index (Phi) is 4.97. The van der Waals surface area contributed by atoms with Crippen molar-refractivity contribution in [1.29, 1.82) is 0 Å². The van der Waals surface area contributed by atoms with E-state index >= 15 is 0 Å². The van der Waals surface area contributed by atoms with Crippen molar-refractivity contribution in [3.63, 3.8) is 0 Å². The van der Waals surface area contributed by atoms with Gasteiger partial charge in [-0.2, -0.15) is 5.10 Å². The van der Waals surface area contributed by atoms with Crippen molar-refractivity contribution in [3.8, 4) is 11.8 Å². The summed E-state index contributed by atoms with van der Waals surface area (Å²) in [5.74, 6) is 0.540. The van der Waals surface area contributed by atoms with Crippen LogP contribution in [0.25, 0.3) is 0 Å². The maximum atomic E-state index is 12.4. The molecule has 0 unspecified atom stereocenters. The Morgan fingerprint density at radius 3 is 2.54 bits per heavy atom. The third-order valence-electron chi connectivity index (χ3n) is 4.22. The van der Waals surface area contributed by atoms with E-state index in [2.05, 4.69) is 20.4 Å². The molecule has 7 heteroatoms. The average Bonchev–Trinajstić information content (AvgIpc) is 2.84. The summed E-state index contributed by atoms with van der Waals surface area (Å²) < 4.78 is 7.40. The van der Waals surface area contributed by atoms with Crippen LogP contribution < -0.4 is 10.1 Å². The second-order valence-corrected chi connectivity index (χ2v) is 6.11. The van der Waals surface area contributed by atoms with Gasteiger partial charge in [0.25, 0.3) is 0 Å². The first-order chi connectivity index (χ1) is 12.4. The molecule has 134 valence electrons. The Labute approximate surface area is 152 Å². The molecule has 0 spiro atoms. The molecule has 0 radical (unpaired) electrons. The third-order valence-corrected chi connectivity index (χ3v) is 4.22. The van der Waals surface area contributed by atoms with E-state index in [4.69, 9.17) is 4.74 Å². The molecule has 0 bridgehead atoms. The van der Waals surface area contributed by atoms with Gasteiger partial charge in [0.1, 0.15) is 5.75 Å². The summed E-state index contributed by atoms with van der Waals surface area (Å²) in [6.07, 6.45) is 3.53. The number of nitrogens with zero attached hydrogens (tertiary/aromatic N) is 4. The smallest absolute Gasteiger partial charge is 0.321 e. The van der Waals surface area contributed by atoms with Crippen LogP contribution in [-0.2, 0) is 18.3 Å². The molecular weight excluding hydrogens is 330 g/mol. The van der Waals surface area contributed by atoms with Crippen LogP contribution in [0.1, 0.15) is 22.5 Å². The molecule has 0 saturated carbocycles. The van der Waals surface area contributed by atoms with Gasteiger partial charge in [-0.05, 0) is 50.6 Å². The molecule has 0 saturated heterocycles. The van der Waals surface area contributed by atoms with E-state index in [1.54, 1.807) is 29.2 Å². The minimum absolute atomic E-state index is 0.0765. The van der Waals surface area contributed by atoms with Crippen molar-refractivity contribution in [3.05, 3.63) is 59.2 Å². The fraction of sp³-hybridized carbons (Fsp3) is 0.263. The van der Waals surface area contributed by atoms with Crippen LogP contribution in [-0.4, -0.2) is 25.7 Å². The van der Waals surface area contributed by atoms with Crippen molar-refractivity contribution in [1.82, 2.24) is 19.7 Å². The standard InChI is InChI=1S/C19H21N5O2/c1-12-10-15(26-19-20-8-5-9-21-19)6-7-17(12)22-18(25)11-16-13(2)23-24(4)14(16)3/h5-10H,11H2,1-4H3,(H,22,25). The largest absolute Gasteiger partial charge is 0.424 e. The maximum Gasteiger partial charge on any atom is 0.321 e. The van der Waals surface area contributed by atoms with E-state index in [0.717, 1.165) is 28.2 Å². The Morgan fingerprint density at radius 1 is 1.19 bits per heavy atom. The number of carbonyl (C=O) groups is 1. The maximum absolute atomic E-state index is 12.4. The molecule has 3 rings (SSSR count). The lowest BCUT2D eigenvalue weighted by atomic mass is 10.1. The number of rotatable bonds is 5. The molecule has 1 amide bonds. The molecule has 0 fully saturated rings. The van der Waals surface area contributed by atoms with Gasteiger partial charge < -0.3 is 10.1 Å². The molecular formula is C19H21N5O2. The van der Waals surface area contributed by atoms with E-state index in [-0.39, 0.29) is 11.9 Å². The van der Waals surface area contributed by atoms with Gasteiger partial charge in [0.2, 0.25) is 5.91 Å². The molecule has 2 aromatic heterocycles. The highest BCUT2D eigenvalue weighted by atomic mass is 16.5. The topological polar surface area (TPSA) is 81.9 Å².